The summed E-state index contributed by atoms with van der Waals surface area (Å²) in [5, 5.41) is 14.9. The van der Waals surface area contributed by atoms with Gasteiger partial charge in [0.05, 0.1) is 21.8 Å². The lowest BCUT2D eigenvalue weighted by atomic mass is 10.0. The number of nitrogens with zero attached hydrogens (tertiary/aromatic N) is 3. The van der Waals surface area contributed by atoms with Gasteiger partial charge in [0.15, 0.2) is 17.4 Å². The van der Waals surface area contributed by atoms with Crippen LogP contribution in [0.5, 0.6) is 11.5 Å². The van der Waals surface area contributed by atoms with Crippen LogP contribution in [0.25, 0.3) is 11.0 Å². The summed E-state index contributed by atoms with van der Waals surface area (Å²) in [6.07, 6.45) is 2.59. The molecule has 9 nitrogen and oxygen atoms in total. The molecule has 0 spiro atoms. The number of thioether (sulfide) groups is 1. The number of halogens is 3. The first kappa shape index (κ1) is 32.6. The summed E-state index contributed by atoms with van der Waals surface area (Å²) < 4.78 is 43.1. The number of carbonyl (C=O) groups is 1. The number of nitrogens with one attached hydrogen (secondary N) is 2. The van der Waals surface area contributed by atoms with Crippen molar-refractivity contribution >= 4 is 59.8 Å². The van der Waals surface area contributed by atoms with Gasteiger partial charge in [0.2, 0.25) is 0 Å². The van der Waals surface area contributed by atoms with Crippen molar-refractivity contribution in [1.82, 2.24) is 14.9 Å². The fourth-order valence-electron chi connectivity index (χ4n) is 3.70. The number of fused-ring (bicyclic) bond motifs is 1. The minimum atomic E-state index is -1.23. The molecule has 224 valence electrons. The van der Waals surface area contributed by atoms with Gasteiger partial charge in [0.25, 0.3) is 0 Å². The fraction of sp³-hybridized carbons (Fsp3) is 0.444. The lowest BCUT2D eigenvalue weighted by Crippen LogP contribution is -2.43. The predicted molar refractivity (Wildman–Crippen MR) is 165 cm³/mol. The van der Waals surface area contributed by atoms with Crippen LogP contribution in [0.4, 0.5) is 19.3 Å². The van der Waals surface area contributed by atoms with Crippen LogP contribution in [-0.2, 0) is 11.5 Å². The molecule has 3 N–H and O–H groups in total. The number of anilines is 1. The van der Waals surface area contributed by atoms with E-state index in [1.54, 1.807) is 30.2 Å². The molecule has 0 aliphatic rings. The molecule has 0 unspecified atom stereocenters. The first-order valence-electron chi connectivity index (χ1n) is 13.0. The van der Waals surface area contributed by atoms with Gasteiger partial charge in [-0.3, -0.25) is 4.99 Å². The number of aromatic nitrogens is 2. The Morgan fingerprint density at radius 1 is 1.29 bits per heavy atom. The normalized spacial score (nSPS) is 12.3. The summed E-state index contributed by atoms with van der Waals surface area (Å²) in [5.74, 6) is -1.82. The van der Waals surface area contributed by atoms with Crippen LogP contribution >= 0.6 is 23.4 Å². The smallest absolute Gasteiger partial charge is 0.405 e. The van der Waals surface area contributed by atoms with Gasteiger partial charge in [-0.1, -0.05) is 43.0 Å². The summed E-state index contributed by atoms with van der Waals surface area (Å²) in [6, 6.07) is 4.82. The molecule has 14 heteroatoms. The van der Waals surface area contributed by atoms with E-state index in [-0.39, 0.29) is 18.2 Å². The second kappa shape index (κ2) is 14.3. The highest BCUT2D eigenvalue weighted by Crippen LogP contribution is 2.37. The maximum atomic E-state index is 14.9. The molecule has 1 aromatic carbocycles. The number of hydrogen-bond donors (Lipinski definition) is 3. The van der Waals surface area contributed by atoms with Gasteiger partial charge in [-0.2, -0.15) is 0 Å². The van der Waals surface area contributed by atoms with Crippen LogP contribution in [0, 0.1) is 11.6 Å². The van der Waals surface area contributed by atoms with Crippen LogP contribution in [0.1, 0.15) is 20.3 Å². The Bertz CT molecular complexity index is 1360. The van der Waals surface area contributed by atoms with Crippen LogP contribution in [0.3, 0.4) is 0 Å². The highest BCUT2D eigenvalue weighted by molar-refractivity contribution is 8.12. The van der Waals surface area contributed by atoms with E-state index >= 15 is 0 Å². The zero-order valence-corrected chi connectivity index (χ0v) is 26.3. The quantitative estimate of drug-likeness (QED) is 0.0522. The van der Waals surface area contributed by atoms with Crippen molar-refractivity contribution < 1.29 is 28.2 Å². The van der Waals surface area contributed by atoms with Gasteiger partial charge in [-0.25, -0.2) is 18.6 Å². The van der Waals surface area contributed by atoms with E-state index in [0.29, 0.717) is 41.5 Å². The molecule has 0 saturated heterocycles. The lowest BCUT2D eigenvalue weighted by molar-refractivity contribution is 0.0899. The number of aliphatic imine (C=N–C) groups is 1. The number of ether oxygens (including phenoxy) is 2. The standard InChI is InChI=1S/C27H36ClF2N5O4SSi/c1-27(2,34-26(36)37)7-9-31-15-40-16-33-18-12-20(29)24(21(30)13-18)39-22-6-8-32-25-23(22)19(28)14-35(25)17-38-10-11-41(3,4)5/h6,8,12-15,33-34H,7,9-11,16-17H2,1-5H3,(H,36,37)/b31-15+. The molecule has 41 heavy (non-hydrogen) atoms. The van der Waals surface area contributed by atoms with E-state index in [1.165, 1.54) is 24.0 Å². The van der Waals surface area contributed by atoms with Crippen molar-refractivity contribution in [2.75, 3.05) is 24.3 Å². The number of pyridine rings is 1. The van der Waals surface area contributed by atoms with Crippen LogP contribution in [0.2, 0.25) is 30.7 Å². The molecule has 2 heterocycles. The highest BCUT2D eigenvalue weighted by Gasteiger charge is 2.20. The molecule has 0 radical (unpaired) electrons. The molecular formula is C27H36ClF2N5O4SSi. The fourth-order valence-corrected chi connectivity index (χ4v) is 5.28. The van der Waals surface area contributed by atoms with Gasteiger partial charge >= 0.3 is 6.09 Å². The topological polar surface area (TPSA) is 110 Å². The van der Waals surface area contributed by atoms with Crippen molar-refractivity contribution in [1.29, 1.82) is 0 Å². The zero-order chi connectivity index (χ0) is 30.2. The van der Waals surface area contributed by atoms with E-state index in [0.717, 1.165) is 18.2 Å². The number of hydrogen-bond acceptors (Lipinski definition) is 7. The molecule has 0 aliphatic heterocycles. The van der Waals surface area contributed by atoms with Crippen LogP contribution < -0.4 is 15.4 Å². The second-order valence-corrected chi connectivity index (χ2v) is 18.1. The van der Waals surface area contributed by atoms with Gasteiger partial charge < -0.3 is 29.8 Å². The van der Waals surface area contributed by atoms with E-state index in [4.69, 9.17) is 26.2 Å². The third-order valence-electron chi connectivity index (χ3n) is 5.93. The molecule has 3 aromatic rings. The Labute approximate surface area is 248 Å². The van der Waals surface area contributed by atoms with E-state index in [9.17, 15) is 13.6 Å². The molecular weight excluding hydrogens is 592 g/mol. The Morgan fingerprint density at radius 3 is 2.66 bits per heavy atom. The van der Waals surface area contributed by atoms with Gasteiger partial charge in [-0.05, 0) is 32.4 Å². The highest BCUT2D eigenvalue weighted by atomic mass is 35.5. The molecule has 0 atom stereocenters. The number of rotatable bonds is 15. The van der Waals surface area contributed by atoms with Gasteiger partial charge in [0, 0.05) is 57.0 Å². The maximum absolute atomic E-state index is 14.9. The summed E-state index contributed by atoms with van der Waals surface area (Å²) in [6.45, 7) is 11.7. The Balaban J connectivity index is 1.59. The summed E-state index contributed by atoms with van der Waals surface area (Å²) in [7, 11) is -1.23. The summed E-state index contributed by atoms with van der Waals surface area (Å²) >= 11 is 7.75. The molecule has 1 amide bonds. The van der Waals surface area contributed by atoms with Crippen LogP contribution in [0.15, 0.2) is 35.6 Å². The lowest BCUT2D eigenvalue weighted by Gasteiger charge is -2.23. The average Bonchev–Trinajstić information content (AvgIpc) is 3.18. The van der Waals surface area contributed by atoms with Gasteiger partial charge in [0.1, 0.15) is 18.1 Å². The minimum absolute atomic E-state index is 0.174. The SMILES string of the molecule is CC(C)(CC/N=C/SCNc1cc(F)c(Oc2ccnc3c2c(Cl)cn3COCC[Si](C)(C)C)c(F)c1)NC(=O)O. The van der Waals surface area contributed by atoms with Gasteiger partial charge in [-0.15, -0.1) is 0 Å². The van der Waals surface area contributed by atoms with Crippen LogP contribution in [-0.4, -0.2) is 58.9 Å². The van der Waals surface area contributed by atoms with Crippen molar-refractivity contribution in [2.24, 2.45) is 4.99 Å². The third kappa shape index (κ3) is 10.2. The largest absolute Gasteiger partial charge is 0.465 e. The monoisotopic (exact) mass is 627 g/mol. The number of benzene rings is 1. The second-order valence-electron chi connectivity index (χ2n) is 11.2. The Kier molecular flexibility index (Phi) is 11.4. The summed E-state index contributed by atoms with van der Waals surface area (Å²) in [4.78, 5) is 19.4. The van der Waals surface area contributed by atoms with E-state index in [1.807, 2.05) is 0 Å². The molecule has 0 aliphatic carbocycles. The van der Waals surface area contributed by atoms with E-state index < -0.39 is 37.1 Å². The predicted octanol–water partition coefficient (Wildman–Crippen LogP) is 7.64. The first-order chi connectivity index (χ1) is 19.3. The third-order valence-corrected chi connectivity index (χ3v) is 8.53. The average molecular weight is 628 g/mol. The maximum Gasteiger partial charge on any atom is 0.405 e. The minimum Gasteiger partial charge on any atom is -0.465 e. The van der Waals surface area contributed by atoms with E-state index in [2.05, 4.69) is 40.3 Å². The molecule has 2 aromatic heterocycles. The molecule has 0 fully saturated rings. The number of carboxylic acid groups (broad SMARTS) is 1. The van der Waals surface area contributed by atoms with Crippen molar-refractivity contribution in [3.8, 4) is 11.5 Å². The number of amides is 1. The zero-order valence-electron chi connectivity index (χ0n) is 23.8. The molecule has 0 bridgehead atoms. The van der Waals surface area contributed by atoms with Crippen molar-refractivity contribution in [3.63, 3.8) is 0 Å². The van der Waals surface area contributed by atoms with Crippen molar-refractivity contribution in [2.45, 2.75) is 58.2 Å². The molecule has 3 rings (SSSR count). The molecule has 0 saturated carbocycles. The van der Waals surface area contributed by atoms with Crippen molar-refractivity contribution in [3.05, 3.63) is 47.2 Å². The summed E-state index contributed by atoms with van der Waals surface area (Å²) in [5.41, 5.74) is 1.74. The first-order valence-corrected chi connectivity index (χ1v) is 18.1. The Morgan fingerprint density at radius 2 is 2.00 bits per heavy atom. The Hall–Kier alpha value is -2.87.